The summed E-state index contributed by atoms with van der Waals surface area (Å²) in [5.74, 6) is -0.349. The first kappa shape index (κ1) is 21.0. The Kier molecular flexibility index (Phi) is 5.43. The van der Waals surface area contributed by atoms with E-state index >= 15 is 0 Å². The van der Waals surface area contributed by atoms with E-state index in [0.29, 0.717) is 19.3 Å². The van der Waals surface area contributed by atoms with Gasteiger partial charge in [0.15, 0.2) is 0 Å². The van der Waals surface area contributed by atoms with Crippen LogP contribution >= 0.6 is 0 Å². The average Bonchev–Trinajstić information content (AvgIpc) is 2.96. The monoisotopic (exact) mass is 369 g/mol. The molecule has 2 heterocycles. The quantitative estimate of drug-likeness (QED) is 0.563. The molecule has 2 saturated heterocycles. The first-order chi connectivity index (χ1) is 11.7. The Morgan fingerprint density at radius 3 is 2.12 bits per heavy atom. The molecule has 8 heteroatoms. The molecule has 0 aromatic heterocycles. The van der Waals surface area contributed by atoms with Crippen molar-refractivity contribution in [2.45, 2.75) is 78.0 Å². The van der Waals surface area contributed by atoms with Gasteiger partial charge in [-0.15, -0.1) is 0 Å². The first-order valence-electron chi connectivity index (χ1n) is 9.13. The number of likely N-dealkylation sites (tertiary alicyclic amines) is 1. The Morgan fingerprint density at radius 1 is 1.12 bits per heavy atom. The number of hydrogen-bond acceptors (Lipinski definition) is 6. The van der Waals surface area contributed by atoms with Gasteiger partial charge in [0.05, 0.1) is 23.7 Å². The van der Waals surface area contributed by atoms with Crippen LogP contribution in [0.25, 0.3) is 0 Å². The number of rotatable bonds is 3. The summed E-state index contributed by atoms with van der Waals surface area (Å²) < 4.78 is 22.6. The number of methoxy groups -OCH3 is 1. The molecule has 2 fully saturated rings. The Bertz CT molecular complexity index is 555. The maximum Gasteiger partial charge on any atom is 0.459 e. The molecule has 1 amide bonds. The van der Waals surface area contributed by atoms with Crippen LogP contribution in [0.4, 0.5) is 4.79 Å². The van der Waals surface area contributed by atoms with Crippen molar-refractivity contribution < 1.29 is 28.4 Å². The van der Waals surface area contributed by atoms with E-state index in [2.05, 4.69) is 0 Å². The van der Waals surface area contributed by atoms with Gasteiger partial charge in [-0.2, -0.15) is 0 Å². The number of carbonyl (C=O) groups is 2. The zero-order valence-electron chi connectivity index (χ0n) is 17.3. The van der Waals surface area contributed by atoms with Gasteiger partial charge < -0.3 is 23.7 Å². The predicted octanol–water partition coefficient (Wildman–Crippen LogP) is 2.88. The van der Waals surface area contributed by atoms with E-state index in [1.54, 1.807) is 4.90 Å². The highest BCUT2D eigenvalue weighted by Crippen LogP contribution is 2.44. The van der Waals surface area contributed by atoms with Gasteiger partial charge in [0.1, 0.15) is 5.60 Å². The maximum absolute atomic E-state index is 12.6. The molecule has 0 N–H and O–H groups in total. The summed E-state index contributed by atoms with van der Waals surface area (Å²) in [6.45, 7) is 14.0. The summed E-state index contributed by atoms with van der Waals surface area (Å²) in [6, 6.07) is 0. The molecule has 0 aliphatic carbocycles. The second kappa shape index (κ2) is 6.71. The van der Waals surface area contributed by atoms with E-state index in [1.807, 2.05) is 48.5 Å². The number of nitrogens with zero attached hydrogens (tertiary/aromatic N) is 1. The summed E-state index contributed by atoms with van der Waals surface area (Å²) in [5, 5.41) is 0. The van der Waals surface area contributed by atoms with Crippen molar-refractivity contribution in [3.8, 4) is 0 Å². The Labute approximate surface area is 156 Å². The van der Waals surface area contributed by atoms with Crippen LogP contribution in [-0.2, 0) is 23.6 Å². The minimum Gasteiger partial charge on any atom is -0.469 e. The fraction of sp³-hybridized carbons (Fsp3) is 0.889. The second-order valence-corrected chi connectivity index (χ2v) is 9.31. The van der Waals surface area contributed by atoms with Crippen molar-refractivity contribution in [2.75, 3.05) is 20.2 Å². The van der Waals surface area contributed by atoms with Crippen LogP contribution in [0.1, 0.15) is 54.9 Å². The van der Waals surface area contributed by atoms with Crippen LogP contribution in [0.5, 0.6) is 0 Å². The molecule has 2 aliphatic rings. The molecule has 7 nitrogen and oxygen atoms in total. The van der Waals surface area contributed by atoms with Crippen LogP contribution in [0.2, 0.25) is 6.32 Å². The number of ether oxygens (including phenoxy) is 2. The standard InChI is InChI=1S/C18H32BNO6/c1-15(2,3)24-14(22)20-10-9-18(12-20,13(21)23-8)11-19-25-16(4,5)17(6,7)26-19/h9-12H2,1-8H3. The topological polar surface area (TPSA) is 74.3 Å². The Hall–Kier alpha value is -1.28. The molecule has 26 heavy (non-hydrogen) atoms. The van der Waals surface area contributed by atoms with Crippen molar-refractivity contribution in [2.24, 2.45) is 5.41 Å². The minimum absolute atomic E-state index is 0.235. The fourth-order valence-electron chi connectivity index (χ4n) is 3.36. The first-order valence-corrected chi connectivity index (χ1v) is 9.13. The highest BCUT2D eigenvalue weighted by molar-refractivity contribution is 6.46. The zero-order chi connectivity index (χ0) is 20.0. The van der Waals surface area contributed by atoms with Crippen LogP contribution in [0.15, 0.2) is 0 Å². The third-order valence-electron chi connectivity index (χ3n) is 5.48. The molecule has 1 unspecified atom stereocenters. The second-order valence-electron chi connectivity index (χ2n) is 9.31. The minimum atomic E-state index is -0.854. The molecule has 2 rings (SSSR count). The summed E-state index contributed by atoms with van der Waals surface area (Å²) in [5.41, 5.74) is -2.39. The molecule has 0 saturated carbocycles. The van der Waals surface area contributed by atoms with Gasteiger partial charge in [0.2, 0.25) is 0 Å². The van der Waals surface area contributed by atoms with Gasteiger partial charge in [0, 0.05) is 19.4 Å². The van der Waals surface area contributed by atoms with Crippen LogP contribution in [0.3, 0.4) is 0 Å². The summed E-state index contributed by atoms with van der Waals surface area (Å²) in [7, 11) is 0.836. The number of hydrogen-bond donors (Lipinski definition) is 0. The maximum atomic E-state index is 12.6. The molecule has 2 aliphatic heterocycles. The van der Waals surface area contributed by atoms with E-state index in [1.165, 1.54) is 7.11 Å². The van der Waals surface area contributed by atoms with Crippen molar-refractivity contribution in [1.82, 2.24) is 4.90 Å². The van der Waals surface area contributed by atoms with Gasteiger partial charge in [-0.1, -0.05) is 0 Å². The Balaban J connectivity index is 2.14. The number of esters is 1. The third kappa shape index (κ3) is 4.17. The lowest BCUT2D eigenvalue weighted by Crippen LogP contribution is -2.42. The van der Waals surface area contributed by atoms with E-state index in [9.17, 15) is 9.59 Å². The van der Waals surface area contributed by atoms with Crippen molar-refractivity contribution in [3.63, 3.8) is 0 Å². The highest BCUT2D eigenvalue weighted by atomic mass is 16.7. The molecule has 1 atom stereocenters. The van der Waals surface area contributed by atoms with Crippen molar-refractivity contribution in [1.29, 1.82) is 0 Å². The average molecular weight is 369 g/mol. The molecule has 0 bridgehead atoms. The molecule has 0 aromatic carbocycles. The fourth-order valence-corrected chi connectivity index (χ4v) is 3.36. The molecular weight excluding hydrogens is 337 g/mol. The van der Waals surface area contributed by atoms with Crippen LogP contribution in [0, 0.1) is 5.41 Å². The SMILES string of the molecule is COC(=O)C1(CB2OC(C)(C)C(C)(C)O2)CCN(C(=O)OC(C)(C)C)C1. The molecule has 148 valence electrons. The highest BCUT2D eigenvalue weighted by Gasteiger charge is 2.57. The van der Waals surface area contributed by atoms with E-state index in [4.69, 9.17) is 18.8 Å². The van der Waals surface area contributed by atoms with Crippen molar-refractivity contribution >= 4 is 19.2 Å². The lowest BCUT2D eigenvalue weighted by atomic mass is 9.67. The predicted molar refractivity (Wildman–Crippen MR) is 97.8 cm³/mol. The lowest BCUT2D eigenvalue weighted by molar-refractivity contribution is -0.151. The van der Waals surface area contributed by atoms with E-state index in [0.717, 1.165) is 0 Å². The van der Waals surface area contributed by atoms with Crippen LogP contribution < -0.4 is 0 Å². The number of carbonyl (C=O) groups excluding carboxylic acids is 2. The molecule has 0 radical (unpaired) electrons. The largest absolute Gasteiger partial charge is 0.469 e. The Morgan fingerprint density at radius 2 is 1.65 bits per heavy atom. The molecular formula is C18H32BNO6. The third-order valence-corrected chi connectivity index (χ3v) is 5.48. The summed E-state index contributed by atoms with van der Waals surface area (Å²) >= 11 is 0. The van der Waals surface area contributed by atoms with Crippen molar-refractivity contribution in [3.05, 3.63) is 0 Å². The van der Waals surface area contributed by atoms with Gasteiger partial charge in [-0.3, -0.25) is 4.79 Å². The molecule has 0 aromatic rings. The van der Waals surface area contributed by atoms with E-state index in [-0.39, 0.29) is 12.5 Å². The van der Waals surface area contributed by atoms with Gasteiger partial charge >= 0.3 is 19.2 Å². The van der Waals surface area contributed by atoms with Crippen LogP contribution in [-0.4, -0.2) is 61.1 Å². The van der Waals surface area contributed by atoms with Gasteiger partial charge in [-0.25, -0.2) is 4.79 Å². The smallest absolute Gasteiger partial charge is 0.459 e. The molecule has 0 spiro atoms. The van der Waals surface area contributed by atoms with Gasteiger partial charge in [-0.05, 0) is 54.9 Å². The summed E-state index contributed by atoms with van der Waals surface area (Å²) in [6.07, 6.45) is 0.409. The van der Waals surface area contributed by atoms with E-state index < -0.39 is 35.4 Å². The lowest BCUT2D eigenvalue weighted by Gasteiger charge is -2.32. The normalized spacial score (nSPS) is 27.5. The van der Waals surface area contributed by atoms with Gasteiger partial charge in [0.25, 0.3) is 0 Å². The summed E-state index contributed by atoms with van der Waals surface area (Å²) in [4.78, 5) is 26.5. The zero-order valence-corrected chi connectivity index (χ0v) is 17.3. The number of amides is 1.